The standard InChI is InChI=1S/C19H37N3O2/c1-19(2,3)10-6-11-21-18(20-4)22-12-8-16(9-13-22)24-15-17-7-5-14-23-17/h16-17H,5-15H2,1-4H3,(H,20,21). The van der Waals surface area contributed by atoms with Crippen LogP contribution in [0, 0.1) is 5.41 Å². The second-order valence-corrected chi connectivity index (χ2v) is 8.29. The number of nitrogens with zero attached hydrogens (tertiary/aromatic N) is 2. The molecule has 1 unspecified atom stereocenters. The van der Waals surface area contributed by atoms with Crippen molar-refractivity contribution in [2.75, 3.05) is 39.9 Å². The van der Waals surface area contributed by atoms with Crippen molar-refractivity contribution in [1.29, 1.82) is 0 Å². The number of nitrogens with one attached hydrogen (secondary N) is 1. The van der Waals surface area contributed by atoms with Crippen molar-refractivity contribution < 1.29 is 9.47 Å². The highest BCUT2D eigenvalue weighted by molar-refractivity contribution is 5.79. The SMILES string of the molecule is CN=C(NCCCC(C)(C)C)N1CCC(OCC2CCCO2)CC1. The van der Waals surface area contributed by atoms with Gasteiger partial charge in [-0.15, -0.1) is 0 Å². The van der Waals surface area contributed by atoms with E-state index in [9.17, 15) is 0 Å². The van der Waals surface area contributed by atoms with Gasteiger partial charge in [-0.3, -0.25) is 4.99 Å². The highest BCUT2D eigenvalue weighted by Crippen LogP contribution is 2.20. The third-order valence-electron chi connectivity index (χ3n) is 4.88. The van der Waals surface area contributed by atoms with E-state index in [4.69, 9.17) is 9.47 Å². The predicted octanol–water partition coefficient (Wildman–Crippen LogP) is 3.05. The van der Waals surface area contributed by atoms with Gasteiger partial charge in [0.15, 0.2) is 5.96 Å². The van der Waals surface area contributed by atoms with E-state index >= 15 is 0 Å². The zero-order valence-corrected chi connectivity index (χ0v) is 16.1. The summed E-state index contributed by atoms with van der Waals surface area (Å²) in [4.78, 5) is 6.81. The Bertz CT molecular complexity index is 379. The molecule has 24 heavy (non-hydrogen) atoms. The Labute approximate surface area is 148 Å². The minimum absolute atomic E-state index is 0.334. The Morgan fingerprint density at radius 3 is 2.58 bits per heavy atom. The van der Waals surface area contributed by atoms with Crippen molar-refractivity contribution in [2.45, 2.75) is 71.5 Å². The van der Waals surface area contributed by atoms with Crippen molar-refractivity contribution >= 4 is 5.96 Å². The topological polar surface area (TPSA) is 46.1 Å². The van der Waals surface area contributed by atoms with Gasteiger partial charge in [-0.25, -0.2) is 0 Å². The van der Waals surface area contributed by atoms with E-state index in [2.05, 4.69) is 36.0 Å². The van der Waals surface area contributed by atoms with Crippen molar-refractivity contribution in [3.8, 4) is 0 Å². The van der Waals surface area contributed by atoms with E-state index in [0.717, 1.165) is 58.1 Å². The number of hydrogen-bond donors (Lipinski definition) is 1. The molecule has 140 valence electrons. The molecule has 2 rings (SSSR count). The summed E-state index contributed by atoms with van der Waals surface area (Å²) < 4.78 is 11.7. The van der Waals surface area contributed by atoms with Gasteiger partial charge in [-0.2, -0.15) is 0 Å². The fraction of sp³-hybridized carbons (Fsp3) is 0.947. The summed E-state index contributed by atoms with van der Waals surface area (Å²) in [5.74, 6) is 1.04. The number of aliphatic imine (C=N–C) groups is 1. The van der Waals surface area contributed by atoms with Crippen LogP contribution in [0.4, 0.5) is 0 Å². The van der Waals surface area contributed by atoms with Crippen LogP contribution in [0.1, 0.15) is 59.3 Å². The van der Waals surface area contributed by atoms with Crippen molar-refractivity contribution in [3.63, 3.8) is 0 Å². The average Bonchev–Trinajstić information content (AvgIpc) is 3.06. The van der Waals surface area contributed by atoms with E-state index in [1.165, 1.54) is 19.3 Å². The average molecular weight is 340 g/mol. The molecule has 0 aliphatic carbocycles. The summed E-state index contributed by atoms with van der Waals surface area (Å²) in [6, 6.07) is 0. The monoisotopic (exact) mass is 339 g/mol. The Balaban J connectivity index is 1.62. The Morgan fingerprint density at radius 2 is 2.00 bits per heavy atom. The normalized spacial score (nSPS) is 23.8. The molecule has 5 heteroatoms. The van der Waals surface area contributed by atoms with Crippen LogP contribution in [0.3, 0.4) is 0 Å². The largest absolute Gasteiger partial charge is 0.376 e. The minimum atomic E-state index is 0.334. The van der Waals surface area contributed by atoms with Crippen LogP contribution in [0.15, 0.2) is 4.99 Å². The molecule has 2 aliphatic heterocycles. The summed E-state index contributed by atoms with van der Waals surface area (Å²) in [5, 5.41) is 3.52. The maximum Gasteiger partial charge on any atom is 0.193 e. The first-order valence-corrected chi connectivity index (χ1v) is 9.67. The highest BCUT2D eigenvalue weighted by atomic mass is 16.5. The first kappa shape index (κ1) is 19.5. The zero-order valence-electron chi connectivity index (χ0n) is 16.1. The van der Waals surface area contributed by atoms with Crippen LogP contribution >= 0.6 is 0 Å². The molecular formula is C19H37N3O2. The Kier molecular flexibility index (Phi) is 7.82. The number of rotatable bonds is 6. The molecule has 1 atom stereocenters. The molecule has 0 saturated carbocycles. The fourth-order valence-electron chi connectivity index (χ4n) is 3.40. The first-order valence-electron chi connectivity index (χ1n) is 9.67. The van der Waals surface area contributed by atoms with Gasteiger partial charge in [0.1, 0.15) is 0 Å². The summed E-state index contributed by atoms with van der Waals surface area (Å²) in [7, 11) is 1.88. The van der Waals surface area contributed by atoms with Crippen LogP contribution in [0.2, 0.25) is 0 Å². The van der Waals surface area contributed by atoms with Crippen LogP contribution in [0.25, 0.3) is 0 Å². The smallest absolute Gasteiger partial charge is 0.193 e. The molecule has 2 fully saturated rings. The minimum Gasteiger partial charge on any atom is -0.376 e. The first-order chi connectivity index (χ1) is 11.5. The lowest BCUT2D eigenvalue weighted by molar-refractivity contribution is -0.0367. The van der Waals surface area contributed by atoms with Crippen molar-refractivity contribution in [1.82, 2.24) is 10.2 Å². The summed E-state index contributed by atoms with van der Waals surface area (Å²) in [6.07, 6.45) is 7.63. The third-order valence-corrected chi connectivity index (χ3v) is 4.88. The lowest BCUT2D eigenvalue weighted by Crippen LogP contribution is -2.47. The lowest BCUT2D eigenvalue weighted by Gasteiger charge is -2.34. The number of guanidine groups is 1. The molecule has 0 aromatic carbocycles. The van der Waals surface area contributed by atoms with Gasteiger partial charge in [-0.05, 0) is 43.9 Å². The molecule has 0 radical (unpaired) electrons. The van der Waals surface area contributed by atoms with E-state index in [1.807, 2.05) is 7.05 Å². The van der Waals surface area contributed by atoms with Gasteiger partial charge in [0.2, 0.25) is 0 Å². The maximum atomic E-state index is 6.05. The maximum absolute atomic E-state index is 6.05. The molecule has 1 N–H and O–H groups in total. The van der Waals surface area contributed by atoms with Crippen LogP contribution in [-0.4, -0.2) is 63.0 Å². The Hall–Kier alpha value is -0.810. The number of likely N-dealkylation sites (tertiary alicyclic amines) is 1. The van der Waals surface area contributed by atoms with Gasteiger partial charge in [-0.1, -0.05) is 20.8 Å². The van der Waals surface area contributed by atoms with Crippen LogP contribution in [0.5, 0.6) is 0 Å². The van der Waals surface area contributed by atoms with E-state index in [1.54, 1.807) is 0 Å². The quantitative estimate of drug-likeness (QED) is 0.459. The predicted molar refractivity (Wildman–Crippen MR) is 99.6 cm³/mol. The van der Waals surface area contributed by atoms with Gasteiger partial charge in [0.25, 0.3) is 0 Å². The second-order valence-electron chi connectivity index (χ2n) is 8.29. The van der Waals surface area contributed by atoms with E-state index in [-0.39, 0.29) is 0 Å². The van der Waals surface area contributed by atoms with Gasteiger partial charge in [0.05, 0.1) is 18.8 Å². The molecule has 0 amide bonds. The molecule has 2 aliphatic rings. The fourth-order valence-corrected chi connectivity index (χ4v) is 3.40. The number of hydrogen-bond acceptors (Lipinski definition) is 3. The third kappa shape index (κ3) is 6.98. The van der Waals surface area contributed by atoms with Gasteiger partial charge < -0.3 is 19.7 Å². The molecule has 5 nitrogen and oxygen atoms in total. The van der Waals surface area contributed by atoms with Crippen molar-refractivity contribution in [2.24, 2.45) is 10.4 Å². The molecular weight excluding hydrogens is 302 g/mol. The molecule has 0 aromatic rings. The summed E-state index contributed by atoms with van der Waals surface area (Å²) in [6.45, 7) is 11.6. The number of ether oxygens (including phenoxy) is 2. The number of piperidine rings is 1. The summed E-state index contributed by atoms with van der Waals surface area (Å²) in [5.41, 5.74) is 0.407. The second kappa shape index (κ2) is 9.62. The molecule has 2 heterocycles. The molecule has 0 aromatic heterocycles. The molecule has 0 bridgehead atoms. The van der Waals surface area contributed by atoms with Gasteiger partial charge >= 0.3 is 0 Å². The van der Waals surface area contributed by atoms with Crippen LogP contribution in [-0.2, 0) is 9.47 Å². The van der Waals surface area contributed by atoms with Gasteiger partial charge in [0, 0.05) is 33.3 Å². The zero-order chi connectivity index (χ0) is 17.4. The van der Waals surface area contributed by atoms with E-state index < -0.39 is 0 Å². The molecule has 2 saturated heterocycles. The van der Waals surface area contributed by atoms with Crippen LogP contribution < -0.4 is 5.32 Å². The molecule has 0 spiro atoms. The van der Waals surface area contributed by atoms with E-state index in [0.29, 0.717) is 17.6 Å². The Morgan fingerprint density at radius 1 is 1.25 bits per heavy atom. The van der Waals surface area contributed by atoms with Crippen molar-refractivity contribution in [3.05, 3.63) is 0 Å². The lowest BCUT2D eigenvalue weighted by atomic mass is 9.91. The summed E-state index contributed by atoms with van der Waals surface area (Å²) >= 11 is 0. The highest BCUT2D eigenvalue weighted by Gasteiger charge is 2.24.